The van der Waals surface area contributed by atoms with Gasteiger partial charge in [-0.05, 0) is 110 Å². The number of ether oxygens (including phenoxy) is 1. The van der Waals surface area contributed by atoms with E-state index in [4.69, 9.17) is 14.5 Å². The number of carbonyl (C=O) groups excluding carboxylic acids is 1. The van der Waals surface area contributed by atoms with Crippen LogP contribution in [0.3, 0.4) is 0 Å². The summed E-state index contributed by atoms with van der Waals surface area (Å²) in [5.74, 6) is 3.10. The summed E-state index contributed by atoms with van der Waals surface area (Å²) in [7, 11) is 1.74. The van der Waals surface area contributed by atoms with Gasteiger partial charge in [-0.15, -0.1) is 0 Å². The molecule has 5 heteroatoms. The Hall–Kier alpha value is -1.43. The van der Waals surface area contributed by atoms with Crippen molar-refractivity contribution in [2.45, 2.75) is 109 Å². The molecule has 1 aromatic carbocycles. The van der Waals surface area contributed by atoms with Crippen LogP contribution in [-0.2, 0) is 21.0 Å². The van der Waals surface area contributed by atoms with Crippen LogP contribution < -0.4 is 4.74 Å². The number of methoxy groups -OCH3 is 1. The van der Waals surface area contributed by atoms with Gasteiger partial charge in [0.25, 0.3) is 0 Å². The van der Waals surface area contributed by atoms with Gasteiger partial charge >= 0.3 is 0 Å². The molecule has 0 aromatic heterocycles. The highest BCUT2D eigenvalue weighted by atomic mass is 17.2. The monoisotopic (exact) mass is 508 g/mol. The summed E-state index contributed by atoms with van der Waals surface area (Å²) in [4.78, 5) is 25.4. The third-order valence-corrected chi connectivity index (χ3v) is 12.4. The molecule has 4 saturated carbocycles. The largest absolute Gasteiger partial charge is 0.497 e. The molecule has 202 valence electrons. The smallest absolute Gasteiger partial charge is 0.139 e. The molecule has 1 N–H and O–H groups in total. The second kappa shape index (κ2) is 7.82. The average molecular weight is 509 g/mol. The minimum Gasteiger partial charge on any atom is -0.497 e. The van der Waals surface area contributed by atoms with Gasteiger partial charge in [0.2, 0.25) is 0 Å². The number of aliphatic hydroxyl groups is 1. The first-order valence-corrected chi connectivity index (χ1v) is 14.8. The lowest BCUT2D eigenvalue weighted by molar-refractivity contribution is -0.425. The predicted octanol–water partition coefficient (Wildman–Crippen LogP) is 6.16. The van der Waals surface area contributed by atoms with Crippen LogP contribution in [0.25, 0.3) is 0 Å². The Morgan fingerprint density at radius 3 is 2.73 bits per heavy atom. The van der Waals surface area contributed by atoms with E-state index >= 15 is 0 Å². The van der Waals surface area contributed by atoms with Gasteiger partial charge in [-0.25, -0.2) is 9.78 Å². The van der Waals surface area contributed by atoms with Gasteiger partial charge in [-0.1, -0.05) is 26.8 Å². The van der Waals surface area contributed by atoms with Crippen molar-refractivity contribution in [3.8, 4) is 5.75 Å². The highest BCUT2D eigenvalue weighted by molar-refractivity contribution is 5.87. The number of ketones is 1. The molecule has 1 heterocycles. The normalized spacial score (nSPS) is 47.5. The Bertz CT molecular complexity index is 1130. The highest BCUT2D eigenvalue weighted by Gasteiger charge is 2.72. The predicted molar refractivity (Wildman–Crippen MR) is 140 cm³/mol. The maximum atomic E-state index is 13.5. The number of Topliss-reactive ketones (excluding diaryl/α,β-unsaturated/α-hetero) is 1. The van der Waals surface area contributed by atoms with Gasteiger partial charge in [0.1, 0.15) is 17.1 Å². The third kappa shape index (κ3) is 3.17. The van der Waals surface area contributed by atoms with Gasteiger partial charge in [-0.3, -0.25) is 4.79 Å². The summed E-state index contributed by atoms with van der Waals surface area (Å²) < 4.78 is 5.67. The molecule has 6 aliphatic rings. The lowest BCUT2D eigenvalue weighted by Gasteiger charge is -2.70. The molecule has 0 amide bonds. The number of benzene rings is 1. The maximum Gasteiger partial charge on any atom is 0.139 e. The molecule has 0 bridgehead atoms. The van der Waals surface area contributed by atoms with Gasteiger partial charge in [0.05, 0.1) is 19.3 Å². The second-order valence-corrected chi connectivity index (χ2v) is 14.6. The summed E-state index contributed by atoms with van der Waals surface area (Å²) in [6, 6.07) is 6.61. The summed E-state index contributed by atoms with van der Waals surface area (Å²) in [5.41, 5.74) is 1.20. The van der Waals surface area contributed by atoms with Crippen molar-refractivity contribution in [3.05, 3.63) is 29.3 Å². The summed E-state index contributed by atoms with van der Waals surface area (Å²) >= 11 is 0. The molecule has 5 aliphatic carbocycles. The summed E-state index contributed by atoms with van der Waals surface area (Å²) in [6.07, 6.45) is 9.86. The van der Waals surface area contributed by atoms with Crippen molar-refractivity contribution in [1.82, 2.24) is 0 Å². The van der Waals surface area contributed by atoms with Crippen LogP contribution in [0.15, 0.2) is 18.2 Å². The Balaban J connectivity index is 1.37. The molecule has 2 spiro atoms. The van der Waals surface area contributed by atoms with E-state index in [-0.39, 0.29) is 16.2 Å². The molecule has 5 nitrogen and oxygen atoms in total. The van der Waals surface area contributed by atoms with Crippen molar-refractivity contribution in [2.24, 2.45) is 34.0 Å². The minimum absolute atomic E-state index is 0.0428. The van der Waals surface area contributed by atoms with E-state index in [1.165, 1.54) is 11.1 Å². The molecule has 1 saturated heterocycles. The lowest BCUT2D eigenvalue weighted by atomic mass is 9.36. The van der Waals surface area contributed by atoms with E-state index < -0.39 is 11.2 Å². The van der Waals surface area contributed by atoms with Gasteiger partial charge in [-0.2, -0.15) is 0 Å². The van der Waals surface area contributed by atoms with Crippen molar-refractivity contribution in [3.63, 3.8) is 0 Å². The van der Waals surface area contributed by atoms with Crippen molar-refractivity contribution in [2.75, 3.05) is 13.7 Å². The highest BCUT2D eigenvalue weighted by Crippen LogP contribution is 2.74. The van der Waals surface area contributed by atoms with Crippen LogP contribution >= 0.6 is 0 Å². The molecular formula is C32H44O5. The van der Waals surface area contributed by atoms with Gasteiger partial charge in [0, 0.05) is 23.7 Å². The van der Waals surface area contributed by atoms with E-state index in [1.54, 1.807) is 7.11 Å². The molecule has 0 radical (unpaired) electrons. The Morgan fingerprint density at radius 1 is 1.14 bits per heavy atom. The quantitative estimate of drug-likeness (QED) is 0.485. The summed E-state index contributed by atoms with van der Waals surface area (Å²) in [5, 5.41) is 12.9. The number of rotatable bonds is 2. The first-order chi connectivity index (χ1) is 17.6. The van der Waals surface area contributed by atoms with Gasteiger partial charge < -0.3 is 9.84 Å². The molecular weight excluding hydrogens is 464 g/mol. The molecule has 1 aliphatic heterocycles. The lowest BCUT2D eigenvalue weighted by Crippen LogP contribution is -2.70. The van der Waals surface area contributed by atoms with E-state index in [0.717, 1.165) is 70.0 Å². The van der Waals surface area contributed by atoms with E-state index in [2.05, 4.69) is 39.0 Å². The van der Waals surface area contributed by atoms with E-state index in [9.17, 15) is 9.90 Å². The van der Waals surface area contributed by atoms with Crippen LogP contribution in [-0.4, -0.2) is 35.8 Å². The van der Waals surface area contributed by atoms with Crippen molar-refractivity contribution in [1.29, 1.82) is 0 Å². The SMILES string of the molecule is CC[C@]12C[C@@H]3c4ccc(OC)cc4C[C@]45CCC6(CC(C)(C)COO6)C[C@]4(O)CC[C@H]([C@H]35)[C@@H]1CCC2=O. The zero-order chi connectivity index (χ0) is 25.8. The zero-order valence-corrected chi connectivity index (χ0v) is 23.1. The van der Waals surface area contributed by atoms with Crippen LogP contribution in [0.2, 0.25) is 0 Å². The molecule has 7 rings (SSSR count). The topological polar surface area (TPSA) is 65.0 Å². The van der Waals surface area contributed by atoms with Crippen LogP contribution in [0, 0.1) is 34.0 Å². The van der Waals surface area contributed by atoms with Crippen molar-refractivity contribution < 1.29 is 24.4 Å². The molecule has 1 unspecified atom stereocenters. The van der Waals surface area contributed by atoms with Crippen LogP contribution in [0.1, 0.15) is 102 Å². The maximum absolute atomic E-state index is 13.5. The standard InChI is InChI=1S/C32H44O5/c1-5-30-16-24-22-7-6-21(35-4)14-20(22)15-31-13-12-29(17-28(2,3)19-36-37-29)18-32(31,34)11-10-23(27(24)31)25(30)8-9-26(30)33/h6-7,14,23-25,27,34H,5,8-13,15-19H2,1-4H3/t23-,24+,25-,27+,29?,30-,31-,32+/m0/s1. The molecule has 8 atom stereocenters. The number of hydrogen-bond acceptors (Lipinski definition) is 5. The fourth-order valence-electron chi connectivity index (χ4n) is 11.2. The molecule has 5 fully saturated rings. The van der Waals surface area contributed by atoms with Crippen LogP contribution in [0.4, 0.5) is 0 Å². The first kappa shape index (κ1) is 24.6. The van der Waals surface area contributed by atoms with Crippen molar-refractivity contribution >= 4 is 5.78 Å². The second-order valence-electron chi connectivity index (χ2n) is 14.6. The van der Waals surface area contributed by atoms with E-state index in [1.807, 2.05) is 0 Å². The van der Waals surface area contributed by atoms with Gasteiger partial charge in [0.15, 0.2) is 0 Å². The van der Waals surface area contributed by atoms with Crippen LogP contribution in [0.5, 0.6) is 5.75 Å². The molecule has 37 heavy (non-hydrogen) atoms. The Labute approximate surface area is 221 Å². The fourth-order valence-corrected chi connectivity index (χ4v) is 11.2. The summed E-state index contributed by atoms with van der Waals surface area (Å²) in [6.45, 7) is 7.36. The number of hydrogen-bond donors (Lipinski definition) is 1. The Morgan fingerprint density at radius 2 is 1.97 bits per heavy atom. The fraction of sp³-hybridized carbons (Fsp3) is 0.781. The zero-order valence-electron chi connectivity index (χ0n) is 23.1. The third-order valence-electron chi connectivity index (χ3n) is 12.4. The first-order valence-electron chi connectivity index (χ1n) is 14.8. The Kier molecular flexibility index (Phi) is 5.20. The van der Waals surface area contributed by atoms with E-state index in [0.29, 0.717) is 42.5 Å². The molecule has 1 aromatic rings. The minimum atomic E-state index is -0.795. The average Bonchev–Trinajstić information content (AvgIpc) is 3.20. The number of carbonyl (C=O) groups is 1. The number of fused-ring (bicyclic) bond motifs is 4.